The van der Waals surface area contributed by atoms with Crippen LogP contribution in [0.25, 0.3) is 0 Å². The minimum atomic E-state index is -0.530. The quantitative estimate of drug-likeness (QED) is 0.704. The summed E-state index contributed by atoms with van der Waals surface area (Å²) in [5.74, 6) is 0.841. The van der Waals surface area contributed by atoms with Crippen LogP contribution >= 0.6 is 0 Å². The Hall–Kier alpha value is -1.92. The molecule has 5 heteroatoms. The van der Waals surface area contributed by atoms with Gasteiger partial charge < -0.3 is 14.6 Å². The van der Waals surface area contributed by atoms with Crippen LogP contribution in [0.3, 0.4) is 0 Å². The average Bonchev–Trinajstić information content (AvgIpc) is 2.68. The number of ether oxygens (including phenoxy) is 2. The molecule has 1 aliphatic rings. The highest BCUT2D eigenvalue weighted by Gasteiger charge is 2.13. The Bertz CT molecular complexity index is 774. The van der Waals surface area contributed by atoms with Crippen LogP contribution in [0.1, 0.15) is 22.3 Å². The van der Waals surface area contributed by atoms with E-state index >= 15 is 0 Å². The van der Waals surface area contributed by atoms with Crippen molar-refractivity contribution in [3.05, 3.63) is 64.7 Å². The summed E-state index contributed by atoms with van der Waals surface area (Å²) in [5.41, 5.74) is 4.91. The topological polar surface area (TPSA) is 45.2 Å². The molecule has 1 fully saturated rings. The average molecular weight is 399 g/mol. The first-order valence-electron chi connectivity index (χ1n) is 10.4. The first-order valence-corrected chi connectivity index (χ1v) is 10.4. The third-order valence-corrected chi connectivity index (χ3v) is 5.24. The van der Waals surface area contributed by atoms with Gasteiger partial charge in [-0.15, -0.1) is 0 Å². The lowest BCUT2D eigenvalue weighted by atomic mass is 10.1. The second kappa shape index (κ2) is 10.7. The van der Waals surface area contributed by atoms with Crippen LogP contribution < -0.4 is 4.74 Å². The van der Waals surface area contributed by atoms with Crippen molar-refractivity contribution in [2.24, 2.45) is 0 Å². The molecule has 1 aliphatic heterocycles. The summed E-state index contributed by atoms with van der Waals surface area (Å²) in [4.78, 5) is 4.57. The van der Waals surface area contributed by atoms with E-state index in [9.17, 15) is 5.11 Å². The minimum absolute atomic E-state index is 0.297. The maximum Gasteiger partial charge on any atom is 0.122 e. The van der Waals surface area contributed by atoms with E-state index in [1.165, 1.54) is 16.7 Å². The highest BCUT2D eigenvalue weighted by molar-refractivity contribution is 5.35. The van der Waals surface area contributed by atoms with Crippen molar-refractivity contribution in [3.63, 3.8) is 0 Å². The number of aryl methyl sites for hydroxylation is 2. The molecule has 0 aliphatic carbocycles. The van der Waals surface area contributed by atoms with Crippen molar-refractivity contribution in [1.82, 2.24) is 9.80 Å². The van der Waals surface area contributed by atoms with Crippen molar-refractivity contribution < 1.29 is 14.6 Å². The standard InChI is InChI=1S/C24H34N2O3/c1-19-7-8-24(20(2)13-19)29-18-23(27)17-25(3)15-21-5-4-6-22(14-21)16-26-9-11-28-12-10-26/h4-8,13-14,23,27H,9-12,15-18H2,1-3H3. The Kier molecular flexibility index (Phi) is 8.07. The maximum absolute atomic E-state index is 10.4. The summed E-state index contributed by atoms with van der Waals surface area (Å²) in [6.07, 6.45) is -0.530. The van der Waals surface area contributed by atoms with Crippen molar-refractivity contribution in [3.8, 4) is 5.75 Å². The highest BCUT2D eigenvalue weighted by atomic mass is 16.5. The lowest BCUT2D eigenvalue weighted by Crippen LogP contribution is -2.35. The number of nitrogens with zero attached hydrogens (tertiary/aromatic N) is 2. The van der Waals surface area contributed by atoms with E-state index in [0.717, 1.165) is 50.7 Å². The zero-order chi connectivity index (χ0) is 20.6. The molecule has 29 heavy (non-hydrogen) atoms. The molecule has 0 spiro atoms. The third kappa shape index (κ3) is 7.12. The van der Waals surface area contributed by atoms with Crippen molar-refractivity contribution >= 4 is 0 Å². The van der Waals surface area contributed by atoms with Crippen LogP contribution in [0.2, 0.25) is 0 Å². The number of hydrogen-bond donors (Lipinski definition) is 1. The van der Waals surface area contributed by atoms with Gasteiger partial charge in [0.05, 0.1) is 13.2 Å². The van der Waals surface area contributed by atoms with Gasteiger partial charge in [-0.25, -0.2) is 0 Å². The molecule has 1 saturated heterocycles. The van der Waals surface area contributed by atoms with Crippen LogP contribution in [0, 0.1) is 13.8 Å². The Morgan fingerprint density at radius 2 is 1.86 bits per heavy atom. The molecule has 3 rings (SSSR count). The molecule has 0 amide bonds. The van der Waals surface area contributed by atoms with Gasteiger partial charge in [0.1, 0.15) is 18.5 Å². The number of aliphatic hydroxyl groups is 1. The Balaban J connectivity index is 1.45. The smallest absolute Gasteiger partial charge is 0.122 e. The third-order valence-electron chi connectivity index (χ3n) is 5.24. The lowest BCUT2D eigenvalue weighted by molar-refractivity contribution is 0.0342. The first-order chi connectivity index (χ1) is 14.0. The molecule has 0 bridgehead atoms. The van der Waals surface area contributed by atoms with Crippen LogP contribution in [0.4, 0.5) is 0 Å². The zero-order valence-corrected chi connectivity index (χ0v) is 17.9. The highest BCUT2D eigenvalue weighted by Crippen LogP contribution is 2.19. The Morgan fingerprint density at radius 1 is 1.10 bits per heavy atom. The number of morpholine rings is 1. The molecule has 0 saturated carbocycles. The number of likely N-dealkylation sites (N-methyl/N-ethyl adjacent to an activating group) is 1. The fraction of sp³-hybridized carbons (Fsp3) is 0.500. The van der Waals surface area contributed by atoms with Gasteiger partial charge in [0, 0.05) is 32.7 Å². The number of benzene rings is 2. The molecular weight excluding hydrogens is 364 g/mol. The lowest BCUT2D eigenvalue weighted by Gasteiger charge is -2.27. The van der Waals surface area contributed by atoms with Crippen LogP contribution in [0.15, 0.2) is 42.5 Å². The number of hydrogen-bond acceptors (Lipinski definition) is 5. The number of rotatable bonds is 9. The molecule has 2 aromatic carbocycles. The second-order valence-corrected chi connectivity index (χ2v) is 8.14. The van der Waals surface area contributed by atoms with Crippen molar-refractivity contribution in [2.45, 2.75) is 33.0 Å². The predicted octanol–water partition coefficient (Wildman–Crippen LogP) is 3.01. The van der Waals surface area contributed by atoms with Crippen molar-refractivity contribution in [1.29, 1.82) is 0 Å². The fourth-order valence-electron chi connectivity index (χ4n) is 3.78. The van der Waals surface area contributed by atoms with Gasteiger partial charge in [-0.2, -0.15) is 0 Å². The summed E-state index contributed by atoms with van der Waals surface area (Å²) < 4.78 is 11.2. The monoisotopic (exact) mass is 398 g/mol. The van der Waals surface area contributed by atoms with Gasteiger partial charge in [0.2, 0.25) is 0 Å². The number of aliphatic hydroxyl groups excluding tert-OH is 1. The van der Waals surface area contributed by atoms with Crippen LogP contribution in [-0.4, -0.2) is 67.5 Å². The van der Waals surface area contributed by atoms with E-state index in [1.54, 1.807) is 0 Å². The van der Waals surface area contributed by atoms with Gasteiger partial charge in [-0.05, 0) is 43.7 Å². The van der Waals surface area contributed by atoms with E-state index < -0.39 is 6.10 Å². The van der Waals surface area contributed by atoms with Gasteiger partial charge in [0.25, 0.3) is 0 Å². The molecule has 1 heterocycles. The van der Waals surface area contributed by atoms with Crippen molar-refractivity contribution in [2.75, 3.05) is 46.5 Å². The SMILES string of the molecule is Cc1ccc(OCC(O)CN(C)Cc2cccc(CN3CCOCC3)c2)c(C)c1. The molecule has 0 aromatic heterocycles. The van der Waals surface area contributed by atoms with Gasteiger partial charge in [-0.3, -0.25) is 9.80 Å². The summed E-state index contributed by atoms with van der Waals surface area (Å²) in [6.45, 7) is 10.4. The molecule has 1 N–H and O–H groups in total. The van der Waals surface area contributed by atoms with E-state index in [0.29, 0.717) is 13.2 Å². The van der Waals surface area contributed by atoms with Gasteiger partial charge in [-0.1, -0.05) is 42.0 Å². The predicted molar refractivity (Wildman–Crippen MR) is 116 cm³/mol. The van der Waals surface area contributed by atoms with Gasteiger partial charge >= 0.3 is 0 Å². The summed E-state index contributed by atoms with van der Waals surface area (Å²) in [7, 11) is 2.04. The van der Waals surface area contributed by atoms with E-state index in [2.05, 4.69) is 47.1 Å². The van der Waals surface area contributed by atoms with E-state index in [1.807, 2.05) is 26.1 Å². The molecule has 5 nitrogen and oxygen atoms in total. The maximum atomic E-state index is 10.4. The molecular formula is C24H34N2O3. The molecule has 1 atom stereocenters. The van der Waals surface area contributed by atoms with E-state index in [-0.39, 0.29) is 0 Å². The first kappa shape index (κ1) is 21.8. The Morgan fingerprint density at radius 3 is 2.62 bits per heavy atom. The van der Waals surface area contributed by atoms with E-state index in [4.69, 9.17) is 9.47 Å². The zero-order valence-electron chi connectivity index (χ0n) is 17.9. The van der Waals surface area contributed by atoms with Crippen LogP contribution in [-0.2, 0) is 17.8 Å². The molecule has 1 unspecified atom stereocenters. The fourth-order valence-corrected chi connectivity index (χ4v) is 3.78. The summed E-state index contributed by atoms with van der Waals surface area (Å²) >= 11 is 0. The summed E-state index contributed by atoms with van der Waals surface area (Å²) in [6, 6.07) is 14.8. The summed E-state index contributed by atoms with van der Waals surface area (Å²) in [5, 5.41) is 10.4. The Labute approximate surface area is 174 Å². The molecule has 0 radical (unpaired) electrons. The normalized spacial score (nSPS) is 16.2. The van der Waals surface area contributed by atoms with Gasteiger partial charge in [0.15, 0.2) is 0 Å². The van der Waals surface area contributed by atoms with Crippen LogP contribution in [0.5, 0.6) is 5.75 Å². The molecule has 2 aromatic rings. The minimum Gasteiger partial charge on any atom is -0.491 e. The largest absolute Gasteiger partial charge is 0.491 e. The molecule has 158 valence electrons. The second-order valence-electron chi connectivity index (χ2n) is 8.14.